The highest BCUT2D eigenvalue weighted by atomic mass is 16.4. The highest BCUT2D eigenvalue weighted by molar-refractivity contribution is 5.69. The van der Waals surface area contributed by atoms with Gasteiger partial charge in [0.15, 0.2) is 0 Å². The summed E-state index contributed by atoms with van der Waals surface area (Å²) in [4.78, 5) is 10.4. The first-order valence-electron chi connectivity index (χ1n) is 4.18. The summed E-state index contributed by atoms with van der Waals surface area (Å²) in [5.41, 5.74) is -0.149. The van der Waals surface area contributed by atoms with Crippen molar-refractivity contribution in [1.82, 2.24) is 5.32 Å². The molecule has 0 heterocycles. The molecule has 1 aliphatic carbocycles. The second-order valence-corrected chi connectivity index (χ2v) is 3.56. The van der Waals surface area contributed by atoms with E-state index in [0.29, 0.717) is 6.54 Å². The molecule has 1 aliphatic rings. The zero-order valence-electron chi connectivity index (χ0n) is 7.21. The van der Waals surface area contributed by atoms with Crippen molar-refractivity contribution in [3.63, 3.8) is 0 Å². The molecule has 4 heteroatoms. The largest absolute Gasteiger partial charge is 0.481 e. The van der Waals surface area contributed by atoms with Gasteiger partial charge in [0, 0.05) is 12.1 Å². The fraction of sp³-hybridized carbons (Fsp3) is 0.875. The van der Waals surface area contributed by atoms with Crippen molar-refractivity contribution in [2.45, 2.75) is 25.3 Å². The Morgan fingerprint density at radius 1 is 1.67 bits per heavy atom. The zero-order chi connectivity index (χ0) is 9.19. The Hall–Kier alpha value is -0.610. The van der Waals surface area contributed by atoms with Gasteiger partial charge in [-0.3, -0.25) is 4.79 Å². The molecule has 1 unspecified atom stereocenters. The summed E-state index contributed by atoms with van der Waals surface area (Å²) < 4.78 is 0. The van der Waals surface area contributed by atoms with E-state index in [9.17, 15) is 4.79 Å². The van der Waals surface area contributed by atoms with Crippen molar-refractivity contribution in [2.75, 3.05) is 13.2 Å². The Morgan fingerprint density at radius 3 is 2.58 bits per heavy atom. The van der Waals surface area contributed by atoms with Crippen LogP contribution in [0.25, 0.3) is 0 Å². The lowest BCUT2D eigenvalue weighted by molar-refractivity contribution is -0.141. The number of rotatable bonds is 5. The van der Waals surface area contributed by atoms with E-state index in [0.717, 1.165) is 12.8 Å². The smallest absolute Gasteiger partial charge is 0.307 e. The third kappa shape index (κ3) is 2.19. The van der Waals surface area contributed by atoms with Gasteiger partial charge >= 0.3 is 5.97 Å². The van der Waals surface area contributed by atoms with E-state index in [1.807, 2.05) is 0 Å². The van der Waals surface area contributed by atoms with Crippen LogP contribution in [0.15, 0.2) is 0 Å². The first-order valence-corrected chi connectivity index (χ1v) is 4.18. The highest BCUT2D eigenvalue weighted by Crippen LogP contribution is 2.34. The molecule has 0 amide bonds. The number of carboxylic acid groups (broad SMARTS) is 1. The average molecular weight is 173 g/mol. The molecular weight excluding hydrogens is 158 g/mol. The van der Waals surface area contributed by atoms with E-state index >= 15 is 0 Å². The van der Waals surface area contributed by atoms with Crippen LogP contribution in [0.5, 0.6) is 0 Å². The summed E-state index contributed by atoms with van der Waals surface area (Å²) >= 11 is 0. The quantitative estimate of drug-likeness (QED) is 0.539. The minimum absolute atomic E-state index is 0.110. The number of hydrogen-bond acceptors (Lipinski definition) is 3. The maximum Gasteiger partial charge on any atom is 0.307 e. The summed E-state index contributed by atoms with van der Waals surface area (Å²) in [6.45, 7) is 2.21. The molecule has 1 atom stereocenters. The average Bonchev–Trinajstić information content (AvgIpc) is 2.81. The van der Waals surface area contributed by atoms with Crippen LogP contribution in [0.4, 0.5) is 0 Å². The van der Waals surface area contributed by atoms with Gasteiger partial charge < -0.3 is 15.5 Å². The molecule has 0 bridgehead atoms. The van der Waals surface area contributed by atoms with Gasteiger partial charge in [-0.2, -0.15) is 0 Å². The van der Waals surface area contributed by atoms with Crippen LogP contribution in [0.2, 0.25) is 0 Å². The van der Waals surface area contributed by atoms with Crippen LogP contribution in [0, 0.1) is 5.92 Å². The van der Waals surface area contributed by atoms with Gasteiger partial charge in [0.1, 0.15) is 0 Å². The lowest BCUT2D eigenvalue weighted by Crippen LogP contribution is -2.39. The molecule has 1 rings (SSSR count). The fourth-order valence-electron chi connectivity index (χ4n) is 0.999. The van der Waals surface area contributed by atoms with E-state index in [-0.39, 0.29) is 18.1 Å². The number of carbonyl (C=O) groups is 1. The molecule has 0 saturated heterocycles. The van der Waals surface area contributed by atoms with E-state index in [4.69, 9.17) is 10.2 Å². The van der Waals surface area contributed by atoms with Crippen molar-refractivity contribution in [3.05, 3.63) is 0 Å². The maximum atomic E-state index is 10.4. The molecule has 0 aromatic rings. The van der Waals surface area contributed by atoms with Crippen molar-refractivity contribution in [2.24, 2.45) is 5.92 Å². The second kappa shape index (κ2) is 3.41. The first kappa shape index (κ1) is 9.48. The maximum absolute atomic E-state index is 10.4. The van der Waals surface area contributed by atoms with Crippen molar-refractivity contribution in [1.29, 1.82) is 0 Å². The van der Waals surface area contributed by atoms with Crippen molar-refractivity contribution in [3.8, 4) is 0 Å². The molecule has 0 spiro atoms. The van der Waals surface area contributed by atoms with Crippen LogP contribution >= 0.6 is 0 Å². The lowest BCUT2D eigenvalue weighted by Gasteiger charge is -2.15. The van der Waals surface area contributed by atoms with Gasteiger partial charge in [0.2, 0.25) is 0 Å². The zero-order valence-corrected chi connectivity index (χ0v) is 7.21. The first-order chi connectivity index (χ1) is 5.59. The molecule has 70 valence electrons. The summed E-state index contributed by atoms with van der Waals surface area (Å²) in [6.07, 6.45) is 1.91. The normalized spacial score (nSPS) is 21.8. The molecule has 3 N–H and O–H groups in total. The molecule has 0 radical (unpaired) electrons. The third-order valence-corrected chi connectivity index (χ3v) is 2.36. The standard InChI is InChI=1S/C8H15NO3/c1-6(7(11)12)4-9-8(5-10)2-3-8/h6,9-10H,2-5H2,1H3,(H,11,12). The number of aliphatic hydroxyl groups is 1. The van der Waals surface area contributed by atoms with Crippen LogP contribution in [0.1, 0.15) is 19.8 Å². The molecular formula is C8H15NO3. The van der Waals surface area contributed by atoms with Crippen LogP contribution < -0.4 is 5.32 Å². The van der Waals surface area contributed by atoms with Gasteiger partial charge in [-0.25, -0.2) is 0 Å². The Kier molecular flexibility index (Phi) is 2.69. The number of aliphatic carboxylic acids is 1. The van der Waals surface area contributed by atoms with E-state index in [2.05, 4.69) is 5.32 Å². The lowest BCUT2D eigenvalue weighted by atomic mass is 10.1. The molecule has 12 heavy (non-hydrogen) atoms. The molecule has 4 nitrogen and oxygen atoms in total. The molecule has 0 aromatic carbocycles. The van der Waals surface area contributed by atoms with Crippen LogP contribution in [-0.2, 0) is 4.79 Å². The minimum Gasteiger partial charge on any atom is -0.481 e. The Bertz CT molecular complexity index is 177. The summed E-state index contributed by atoms with van der Waals surface area (Å²) in [7, 11) is 0. The van der Waals surface area contributed by atoms with Gasteiger partial charge in [0.05, 0.1) is 12.5 Å². The predicted octanol–water partition coefficient (Wildman–Crippen LogP) is -0.178. The molecule has 0 aromatic heterocycles. The minimum atomic E-state index is -0.795. The van der Waals surface area contributed by atoms with Gasteiger partial charge in [-0.15, -0.1) is 0 Å². The van der Waals surface area contributed by atoms with E-state index < -0.39 is 5.97 Å². The Balaban J connectivity index is 2.21. The van der Waals surface area contributed by atoms with Gasteiger partial charge in [0.25, 0.3) is 0 Å². The topological polar surface area (TPSA) is 69.6 Å². The summed E-state index contributed by atoms with van der Waals surface area (Å²) in [5, 5.41) is 20.5. The fourth-order valence-corrected chi connectivity index (χ4v) is 0.999. The Morgan fingerprint density at radius 2 is 2.25 bits per heavy atom. The van der Waals surface area contributed by atoms with Gasteiger partial charge in [-0.1, -0.05) is 6.92 Å². The highest BCUT2D eigenvalue weighted by Gasteiger charge is 2.41. The Labute approximate surface area is 71.6 Å². The molecule has 1 fully saturated rings. The third-order valence-electron chi connectivity index (χ3n) is 2.36. The van der Waals surface area contributed by atoms with E-state index in [1.165, 1.54) is 0 Å². The SMILES string of the molecule is CC(CNC1(CO)CC1)C(=O)O. The molecule has 1 saturated carbocycles. The van der Waals surface area contributed by atoms with Crippen LogP contribution in [-0.4, -0.2) is 34.9 Å². The number of carboxylic acids is 1. The van der Waals surface area contributed by atoms with Crippen LogP contribution in [0.3, 0.4) is 0 Å². The van der Waals surface area contributed by atoms with Crippen molar-refractivity contribution >= 4 is 5.97 Å². The number of nitrogens with one attached hydrogen (secondary N) is 1. The monoisotopic (exact) mass is 173 g/mol. The summed E-state index contributed by atoms with van der Waals surface area (Å²) in [5.74, 6) is -1.18. The predicted molar refractivity (Wildman–Crippen MR) is 43.9 cm³/mol. The number of hydrogen-bond donors (Lipinski definition) is 3. The summed E-state index contributed by atoms with van der Waals surface area (Å²) in [6, 6.07) is 0. The molecule has 0 aliphatic heterocycles. The second-order valence-electron chi connectivity index (χ2n) is 3.56. The number of aliphatic hydroxyl groups excluding tert-OH is 1. The van der Waals surface area contributed by atoms with Gasteiger partial charge in [-0.05, 0) is 12.8 Å². The van der Waals surface area contributed by atoms with E-state index in [1.54, 1.807) is 6.92 Å². The van der Waals surface area contributed by atoms with Crippen molar-refractivity contribution < 1.29 is 15.0 Å².